The van der Waals surface area contributed by atoms with Gasteiger partial charge in [0.05, 0.1) is 17.3 Å². The molecule has 1 heterocycles. The van der Waals surface area contributed by atoms with Gasteiger partial charge in [-0.2, -0.15) is 0 Å². The van der Waals surface area contributed by atoms with Crippen LogP contribution in [0.3, 0.4) is 0 Å². The van der Waals surface area contributed by atoms with Gasteiger partial charge in [0.1, 0.15) is 17.4 Å². The Bertz CT molecular complexity index is 875. The number of hydrogen-bond donors (Lipinski definition) is 1. The molecular formula is C19H18N2O3S. The van der Waals surface area contributed by atoms with Gasteiger partial charge in [-0.05, 0) is 29.8 Å². The normalized spacial score (nSPS) is 10.9. The van der Waals surface area contributed by atoms with Crippen LogP contribution in [-0.4, -0.2) is 24.7 Å². The summed E-state index contributed by atoms with van der Waals surface area (Å²) in [6.07, 6.45) is 3.29. The monoisotopic (exact) mass is 354 g/mol. The van der Waals surface area contributed by atoms with E-state index in [2.05, 4.69) is 10.3 Å². The van der Waals surface area contributed by atoms with Crippen LogP contribution in [0.25, 0.3) is 16.3 Å². The smallest absolute Gasteiger partial charge is 0.407 e. The summed E-state index contributed by atoms with van der Waals surface area (Å²) in [6.45, 7) is 0.642. The second-order valence-corrected chi connectivity index (χ2v) is 6.29. The number of hydrogen-bond acceptors (Lipinski definition) is 5. The highest BCUT2D eigenvalue weighted by molar-refractivity contribution is 7.19. The molecule has 1 N–H and O–H groups in total. The third-order valence-electron chi connectivity index (χ3n) is 3.45. The van der Waals surface area contributed by atoms with E-state index in [1.807, 2.05) is 60.7 Å². The molecule has 25 heavy (non-hydrogen) atoms. The number of rotatable bonds is 6. The first-order valence-electron chi connectivity index (χ1n) is 7.80. The third kappa shape index (κ3) is 4.81. The Morgan fingerprint density at radius 2 is 2.08 bits per heavy atom. The van der Waals surface area contributed by atoms with Gasteiger partial charge < -0.3 is 14.8 Å². The van der Waals surface area contributed by atoms with Crippen molar-refractivity contribution in [2.75, 3.05) is 13.7 Å². The van der Waals surface area contributed by atoms with Gasteiger partial charge in [0.15, 0.2) is 0 Å². The fraction of sp³-hybridized carbons (Fsp3) is 0.158. The molecule has 0 aliphatic carbocycles. The molecule has 0 fully saturated rings. The topological polar surface area (TPSA) is 60.5 Å². The average molecular weight is 354 g/mol. The second kappa shape index (κ2) is 8.30. The molecule has 0 spiro atoms. The Labute approximate surface area is 149 Å². The van der Waals surface area contributed by atoms with Crippen molar-refractivity contribution in [2.45, 2.75) is 6.61 Å². The molecule has 1 aromatic heterocycles. The van der Waals surface area contributed by atoms with Crippen molar-refractivity contribution >= 4 is 33.7 Å². The summed E-state index contributed by atoms with van der Waals surface area (Å²) in [5.41, 5.74) is 1.89. The number of fused-ring (bicyclic) bond motifs is 1. The fourth-order valence-corrected chi connectivity index (χ4v) is 3.12. The maximum atomic E-state index is 11.6. The van der Waals surface area contributed by atoms with Gasteiger partial charge in [0.2, 0.25) is 0 Å². The zero-order valence-corrected chi connectivity index (χ0v) is 14.6. The van der Waals surface area contributed by atoms with E-state index in [1.165, 1.54) is 0 Å². The van der Waals surface area contributed by atoms with E-state index in [4.69, 9.17) is 9.47 Å². The number of thiazole rings is 1. The summed E-state index contributed by atoms with van der Waals surface area (Å²) in [6, 6.07) is 15.3. The van der Waals surface area contributed by atoms with Crippen molar-refractivity contribution in [1.82, 2.24) is 10.3 Å². The van der Waals surface area contributed by atoms with Crippen molar-refractivity contribution < 1.29 is 14.3 Å². The third-order valence-corrected chi connectivity index (χ3v) is 4.43. The number of aromatic nitrogens is 1. The van der Waals surface area contributed by atoms with Crippen LogP contribution in [0.15, 0.2) is 54.6 Å². The van der Waals surface area contributed by atoms with Gasteiger partial charge in [-0.25, -0.2) is 9.78 Å². The minimum Gasteiger partial charge on any atom is -0.497 e. The molecule has 0 unspecified atom stereocenters. The first-order chi connectivity index (χ1) is 12.2. The molecule has 0 radical (unpaired) electrons. The zero-order valence-electron chi connectivity index (χ0n) is 13.8. The highest BCUT2D eigenvalue weighted by Crippen LogP contribution is 2.26. The number of nitrogens with zero attached hydrogens (tertiary/aromatic N) is 1. The predicted molar refractivity (Wildman–Crippen MR) is 99.8 cm³/mol. The number of nitrogens with one attached hydrogen (secondary N) is 1. The van der Waals surface area contributed by atoms with Crippen LogP contribution < -0.4 is 10.1 Å². The summed E-state index contributed by atoms with van der Waals surface area (Å²) < 4.78 is 11.4. The van der Waals surface area contributed by atoms with Crippen LogP contribution in [0.2, 0.25) is 0 Å². The second-order valence-electron chi connectivity index (χ2n) is 5.23. The lowest BCUT2D eigenvalue weighted by atomic mass is 10.2. The molecule has 0 aliphatic rings. The number of amides is 1. The summed E-state index contributed by atoms with van der Waals surface area (Å²) in [5, 5.41) is 3.56. The lowest BCUT2D eigenvalue weighted by Gasteiger charge is -2.04. The maximum absolute atomic E-state index is 11.6. The quantitative estimate of drug-likeness (QED) is 0.719. The van der Waals surface area contributed by atoms with E-state index in [1.54, 1.807) is 18.4 Å². The molecular weight excluding hydrogens is 336 g/mol. The molecule has 2 aromatic carbocycles. The molecule has 0 saturated carbocycles. The van der Waals surface area contributed by atoms with E-state index in [0.29, 0.717) is 6.54 Å². The van der Waals surface area contributed by atoms with E-state index in [9.17, 15) is 4.79 Å². The molecule has 0 saturated heterocycles. The van der Waals surface area contributed by atoms with Crippen LogP contribution in [0.5, 0.6) is 5.75 Å². The molecule has 3 aromatic rings. The Morgan fingerprint density at radius 3 is 2.88 bits per heavy atom. The minimum atomic E-state index is -0.442. The largest absolute Gasteiger partial charge is 0.497 e. The zero-order chi connectivity index (χ0) is 17.5. The molecule has 5 nitrogen and oxygen atoms in total. The van der Waals surface area contributed by atoms with Crippen molar-refractivity contribution in [3.05, 3.63) is 65.2 Å². The highest BCUT2D eigenvalue weighted by Gasteiger charge is 2.03. The predicted octanol–water partition coefficient (Wildman–Crippen LogP) is 4.24. The van der Waals surface area contributed by atoms with E-state index < -0.39 is 6.09 Å². The molecule has 128 valence electrons. The van der Waals surface area contributed by atoms with Crippen molar-refractivity contribution in [3.8, 4) is 5.75 Å². The molecule has 0 atom stereocenters. The van der Waals surface area contributed by atoms with Crippen molar-refractivity contribution in [3.63, 3.8) is 0 Å². The molecule has 3 rings (SSSR count). The maximum Gasteiger partial charge on any atom is 0.407 e. The summed E-state index contributed by atoms with van der Waals surface area (Å²) in [4.78, 5) is 16.2. The minimum absolute atomic E-state index is 0.260. The van der Waals surface area contributed by atoms with E-state index in [-0.39, 0.29) is 6.61 Å². The first kappa shape index (κ1) is 17.0. The fourth-order valence-electron chi connectivity index (χ4n) is 2.20. The Kier molecular flexibility index (Phi) is 5.64. The Balaban J connectivity index is 1.47. The van der Waals surface area contributed by atoms with Crippen molar-refractivity contribution in [2.24, 2.45) is 0 Å². The number of carbonyl (C=O) groups excluding carboxylic acids is 1. The van der Waals surface area contributed by atoms with Crippen LogP contribution in [0, 0.1) is 0 Å². The van der Waals surface area contributed by atoms with Gasteiger partial charge in [-0.3, -0.25) is 0 Å². The Morgan fingerprint density at radius 1 is 1.24 bits per heavy atom. The van der Waals surface area contributed by atoms with Gasteiger partial charge in [-0.1, -0.05) is 36.4 Å². The Hall–Kier alpha value is -2.86. The first-order valence-corrected chi connectivity index (χ1v) is 8.62. The lowest BCUT2D eigenvalue weighted by Crippen LogP contribution is -2.24. The number of benzene rings is 2. The number of alkyl carbamates (subject to hydrolysis) is 1. The van der Waals surface area contributed by atoms with Crippen molar-refractivity contribution in [1.29, 1.82) is 0 Å². The highest BCUT2D eigenvalue weighted by atomic mass is 32.1. The van der Waals surface area contributed by atoms with Crippen LogP contribution in [0.1, 0.15) is 10.6 Å². The SMILES string of the molecule is COc1ccc2nc(C=CCNC(=O)OCc3ccccc3)sc2c1. The van der Waals surface area contributed by atoms with Crippen LogP contribution in [-0.2, 0) is 11.3 Å². The van der Waals surface area contributed by atoms with Gasteiger partial charge >= 0.3 is 6.09 Å². The van der Waals surface area contributed by atoms with E-state index >= 15 is 0 Å². The summed E-state index contributed by atoms with van der Waals surface area (Å²) in [7, 11) is 1.64. The van der Waals surface area contributed by atoms with Gasteiger partial charge in [0.25, 0.3) is 0 Å². The molecule has 1 amide bonds. The number of ether oxygens (including phenoxy) is 2. The van der Waals surface area contributed by atoms with Gasteiger partial charge in [0, 0.05) is 6.54 Å². The lowest BCUT2D eigenvalue weighted by molar-refractivity contribution is 0.141. The van der Waals surface area contributed by atoms with Gasteiger partial charge in [-0.15, -0.1) is 11.3 Å². The van der Waals surface area contributed by atoms with E-state index in [0.717, 1.165) is 26.5 Å². The standard InChI is InChI=1S/C19H18N2O3S/c1-23-15-9-10-16-17(12-15)25-18(21-16)8-5-11-20-19(22)24-13-14-6-3-2-4-7-14/h2-10,12H,11,13H2,1H3,(H,20,22). The van der Waals surface area contributed by atoms with Crippen LogP contribution >= 0.6 is 11.3 Å². The molecule has 0 aliphatic heterocycles. The molecule has 0 bridgehead atoms. The molecule has 6 heteroatoms. The van der Waals surface area contributed by atoms with Crippen LogP contribution in [0.4, 0.5) is 4.79 Å². The number of methoxy groups -OCH3 is 1. The average Bonchev–Trinajstić information content (AvgIpc) is 3.06. The summed E-state index contributed by atoms with van der Waals surface area (Å²) >= 11 is 1.57. The summed E-state index contributed by atoms with van der Waals surface area (Å²) in [5.74, 6) is 0.814. The number of carbonyl (C=O) groups is 1.